The minimum atomic E-state index is -0.621. The lowest BCUT2D eigenvalue weighted by Gasteiger charge is -2.25. The lowest BCUT2D eigenvalue weighted by atomic mass is 10.0. The van der Waals surface area contributed by atoms with Gasteiger partial charge in [-0.15, -0.1) is 5.10 Å². The molecule has 2 aromatic carbocycles. The Bertz CT molecular complexity index is 966. The van der Waals surface area contributed by atoms with Crippen molar-refractivity contribution in [1.82, 2.24) is 19.9 Å². The van der Waals surface area contributed by atoms with E-state index in [0.717, 1.165) is 30.4 Å². The van der Waals surface area contributed by atoms with Gasteiger partial charge in [-0.05, 0) is 49.4 Å². The molecule has 1 N–H and O–H groups in total. The summed E-state index contributed by atoms with van der Waals surface area (Å²) in [4.78, 5) is 14.8. The summed E-state index contributed by atoms with van der Waals surface area (Å²) in [5.74, 6) is 0.0403. The smallest absolute Gasteiger partial charge is 0.253 e. The van der Waals surface area contributed by atoms with Crippen LogP contribution in [0.5, 0.6) is 0 Å². The summed E-state index contributed by atoms with van der Waals surface area (Å²) in [6.07, 6.45) is 3.90. The molecular weight excluding hydrogens is 364 g/mol. The van der Waals surface area contributed by atoms with Gasteiger partial charge in [0.2, 0.25) is 0 Å². The Morgan fingerprint density at radius 3 is 2.45 bits per heavy atom. The molecule has 3 aromatic rings. The van der Waals surface area contributed by atoms with Crippen molar-refractivity contribution in [3.63, 3.8) is 0 Å². The highest BCUT2D eigenvalue weighted by Crippen LogP contribution is 2.33. The summed E-state index contributed by atoms with van der Waals surface area (Å²) in [5, 5.41) is 17.8. The van der Waals surface area contributed by atoms with E-state index in [2.05, 4.69) is 22.4 Å². The number of hydrogen-bond acceptors (Lipinski definition) is 4. The monoisotopic (exact) mass is 390 g/mol. The number of carbonyl (C=O) groups excluding carboxylic acids is 1. The fourth-order valence-corrected chi connectivity index (χ4v) is 3.99. The van der Waals surface area contributed by atoms with Crippen LogP contribution < -0.4 is 0 Å². The van der Waals surface area contributed by atoms with Gasteiger partial charge in [-0.2, -0.15) is 0 Å². The van der Waals surface area contributed by atoms with E-state index in [4.69, 9.17) is 0 Å². The zero-order chi connectivity index (χ0) is 20.4. The molecule has 0 bridgehead atoms. The van der Waals surface area contributed by atoms with E-state index in [1.54, 1.807) is 6.92 Å². The first-order chi connectivity index (χ1) is 14.0. The van der Waals surface area contributed by atoms with E-state index < -0.39 is 6.10 Å². The van der Waals surface area contributed by atoms with Crippen molar-refractivity contribution in [2.45, 2.75) is 44.4 Å². The van der Waals surface area contributed by atoms with Crippen LogP contribution in [0.15, 0.2) is 60.8 Å². The standard InChI is InChI=1S/C23H26N4O2/c1-16(28)22-15-27(25-24-22)21-13-12-20(14-21)26(2)23(29)19-10-8-18(9-11-19)17-6-4-3-5-7-17/h3-11,15-16,20-21,28H,12-14H2,1-2H3/t16-,20+,21-/m0/s1. The van der Waals surface area contributed by atoms with Crippen molar-refractivity contribution < 1.29 is 9.90 Å². The van der Waals surface area contributed by atoms with E-state index >= 15 is 0 Å². The Hall–Kier alpha value is -2.99. The second-order valence-electron chi connectivity index (χ2n) is 7.78. The molecular formula is C23H26N4O2. The molecule has 0 radical (unpaired) electrons. The second kappa shape index (κ2) is 8.17. The molecule has 0 saturated heterocycles. The molecule has 1 aliphatic rings. The molecule has 150 valence electrons. The maximum Gasteiger partial charge on any atom is 0.253 e. The van der Waals surface area contributed by atoms with Gasteiger partial charge in [0.1, 0.15) is 5.69 Å². The number of benzene rings is 2. The number of nitrogens with zero attached hydrogens (tertiary/aromatic N) is 4. The van der Waals surface area contributed by atoms with Crippen molar-refractivity contribution in [2.75, 3.05) is 7.05 Å². The maximum atomic E-state index is 13.0. The molecule has 1 aromatic heterocycles. The molecule has 1 fully saturated rings. The van der Waals surface area contributed by atoms with Crippen LogP contribution in [0.25, 0.3) is 11.1 Å². The van der Waals surface area contributed by atoms with Gasteiger partial charge in [-0.25, -0.2) is 4.68 Å². The quantitative estimate of drug-likeness (QED) is 0.718. The number of rotatable bonds is 5. The number of amides is 1. The fraction of sp³-hybridized carbons (Fsp3) is 0.348. The Morgan fingerprint density at radius 2 is 1.79 bits per heavy atom. The Kier molecular flexibility index (Phi) is 5.45. The van der Waals surface area contributed by atoms with Gasteiger partial charge in [-0.1, -0.05) is 47.7 Å². The number of aliphatic hydroxyl groups is 1. The van der Waals surface area contributed by atoms with Crippen molar-refractivity contribution in [2.24, 2.45) is 0 Å². The average Bonchev–Trinajstić information content (AvgIpc) is 3.43. The van der Waals surface area contributed by atoms with Crippen LogP contribution in [0.4, 0.5) is 0 Å². The Labute approximate surface area is 170 Å². The molecule has 29 heavy (non-hydrogen) atoms. The number of aromatic nitrogens is 3. The molecule has 6 nitrogen and oxygen atoms in total. The van der Waals surface area contributed by atoms with Crippen LogP contribution in [0, 0.1) is 0 Å². The molecule has 1 saturated carbocycles. The lowest BCUT2D eigenvalue weighted by Crippen LogP contribution is -2.35. The zero-order valence-corrected chi connectivity index (χ0v) is 16.8. The van der Waals surface area contributed by atoms with Crippen LogP contribution in [-0.4, -0.2) is 44.0 Å². The number of aliphatic hydroxyl groups excluding tert-OH is 1. The largest absolute Gasteiger partial charge is 0.387 e. The van der Waals surface area contributed by atoms with Crippen LogP contribution >= 0.6 is 0 Å². The summed E-state index contributed by atoms with van der Waals surface area (Å²) in [6.45, 7) is 1.68. The van der Waals surface area contributed by atoms with Crippen molar-refractivity contribution in [3.8, 4) is 11.1 Å². The minimum absolute atomic E-state index is 0.0403. The molecule has 4 rings (SSSR count). The third-order valence-electron chi connectivity index (χ3n) is 5.81. The van der Waals surface area contributed by atoms with Crippen LogP contribution in [0.2, 0.25) is 0 Å². The van der Waals surface area contributed by atoms with Crippen molar-refractivity contribution >= 4 is 5.91 Å². The summed E-state index contributed by atoms with van der Waals surface area (Å²) < 4.78 is 1.83. The highest BCUT2D eigenvalue weighted by Gasteiger charge is 2.32. The highest BCUT2D eigenvalue weighted by atomic mass is 16.3. The van der Waals surface area contributed by atoms with Gasteiger partial charge in [0.25, 0.3) is 5.91 Å². The third-order valence-corrected chi connectivity index (χ3v) is 5.81. The van der Waals surface area contributed by atoms with Gasteiger partial charge >= 0.3 is 0 Å². The van der Waals surface area contributed by atoms with E-state index in [1.807, 2.05) is 65.3 Å². The van der Waals surface area contributed by atoms with Gasteiger partial charge < -0.3 is 10.0 Å². The second-order valence-corrected chi connectivity index (χ2v) is 7.78. The van der Waals surface area contributed by atoms with E-state index in [9.17, 15) is 9.90 Å². The molecule has 1 aliphatic carbocycles. The maximum absolute atomic E-state index is 13.0. The molecule has 3 atom stereocenters. The summed E-state index contributed by atoms with van der Waals surface area (Å²) in [6, 6.07) is 18.3. The Morgan fingerprint density at radius 1 is 1.10 bits per heavy atom. The topological polar surface area (TPSA) is 71.2 Å². The van der Waals surface area contributed by atoms with Gasteiger partial charge in [0.05, 0.1) is 18.3 Å². The minimum Gasteiger partial charge on any atom is -0.387 e. The van der Waals surface area contributed by atoms with Crippen LogP contribution in [-0.2, 0) is 0 Å². The average molecular weight is 390 g/mol. The third kappa shape index (κ3) is 4.07. The first-order valence-corrected chi connectivity index (χ1v) is 10.1. The normalized spacial score (nSPS) is 19.8. The van der Waals surface area contributed by atoms with E-state index in [0.29, 0.717) is 11.3 Å². The highest BCUT2D eigenvalue weighted by molar-refractivity contribution is 5.94. The lowest BCUT2D eigenvalue weighted by molar-refractivity contribution is 0.0732. The predicted molar refractivity (Wildman–Crippen MR) is 111 cm³/mol. The number of hydrogen-bond donors (Lipinski definition) is 1. The number of carbonyl (C=O) groups is 1. The first-order valence-electron chi connectivity index (χ1n) is 10.1. The first kappa shape index (κ1) is 19.3. The van der Waals surface area contributed by atoms with Crippen molar-refractivity contribution in [3.05, 3.63) is 72.1 Å². The fourth-order valence-electron chi connectivity index (χ4n) is 3.99. The van der Waals surface area contributed by atoms with Crippen LogP contribution in [0.1, 0.15) is 54.4 Å². The molecule has 0 spiro atoms. The summed E-state index contributed by atoms with van der Waals surface area (Å²) in [5.41, 5.74) is 3.53. The Balaban J connectivity index is 1.41. The molecule has 1 heterocycles. The van der Waals surface area contributed by atoms with Crippen LogP contribution in [0.3, 0.4) is 0 Å². The SMILES string of the molecule is C[C@H](O)c1cn([C@H]2CC[C@@H](N(C)C(=O)c3ccc(-c4ccccc4)cc3)C2)nn1. The van der Waals surface area contributed by atoms with E-state index in [1.165, 1.54) is 0 Å². The van der Waals surface area contributed by atoms with Gasteiger partial charge in [0, 0.05) is 18.7 Å². The predicted octanol–water partition coefficient (Wildman–Crippen LogP) is 3.86. The molecule has 6 heteroatoms. The van der Waals surface area contributed by atoms with Gasteiger partial charge in [0.15, 0.2) is 0 Å². The summed E-state index contributed by atoms with van der Waals surface area (Å²) >= 11 is 0. The van der Waals surface area contributed by atoms with E-state index in [-0.39, 0.29) is 18.0 Å². The van der Waals surface area contributed by atoms with Crippen molar-refractivity contribution in [1.29, 1.82) is 0 Å². The zero-order valence-electron chi connectivity index (χ0n) is 16.8. The van der Waals surface area contributed by atoms with Gasteiger partial charge in [-0.3, -0.25) is 4.79 Å². The molecule has 0 unspecified atom stereocenters. The molecule has 1 amide bonds. The molecule has 0 aliphatic heterocycles. The summed E-state index contributed by atoms with van der Waals surface area (Å²) in [7, 11) is 1.88.